The molecule has 0 spiro atoms. The minimum atomic E-state index is -3.63. The van der Waals surface area contributed by atoms with Crippen molar-refractivity contribution in [1.82, 2.24) is 14.2 Å². The van der Waals surface area contributed by atoms with Crippen LogP contribution in [0.25, 0.3) is 10.2 Å². The Bertz CT molecular complexity index is 1180. The van der Waals surface area contributed by atoms with Gasteiger partial charge in [0.1, 0.15) is 0 Å². The number of likely N-dealkylation sites (N-methyl/N-ethyl adjacent to an activating group) is 1. The standard InChI is InChI=1S/C25H32N4O3S2/c1-3-27(4-2)17-18-29(25-26-22-14-8-9-15-23(22)33-25)24(30)20-11-10-16-28(19-20)34(31,32)21-12-6-5-7-13-21/h5-9,12-15,20H,3-4,10-11,16-19H2,1-2H3. The summed E-state index contributed by atoms with van der Waals surface area (Å²) in [5.74, 6) is -0.435. The fraction of sp³-hybridized carbons (Fsp3) is 0.440. The third-order valence-electron chi connectivity index (χ3n) is 6.43. The second-order valence-electron chi connectivity index (χ2n) is 8.50. The van der Waals surface area contributed by atoms with Crippen molar-refractivity contribution in [3.05, 3.63) is 54.6 Å². The Morgan fingerprint density at radius 1 is 1.06 bits per heavy atom. The maximum Gasteiger partial charge on any atom is 0.243 e. The number of hydrogen-bond donors (Lipinski definition) is 0. The molecule has 0 radical (unpaired) electrons. The lowest BCUT2D eigenvalue weighted by atomic mass is 9.98. The first-order chi connectivity index (χ1) is 16.4. The van der Waals surface area contributed by atoms with Gasteiger partial charge in [0.15, 0.2) is 5.13 Å². The van der Waals surface area contributed by atoms with Crippen molar-refractivity contribution in [2.24, 2.45) is 5.92 Å². The number of thiazole rings is 1. The molecular weight excluding hydrogens is 468 g/mol. The first kappa shape index (κ1) is 24.8. The lowest BCUT2D eigenvalue weighted by Crippen LogP contribution is -2.48. The van der Waals surface area contributed by atoms with Crippen LogP contribution in [0.1, 0.15) is 26.7 Å². The van der Waals surface area contributed by atoms with Crippen LogP contribution in [0.2, 0.25) is 0 Å². The van der Waals surface area contributed by atoms with E-state index in [1.807, 2.05) is 24.3 Å². The monoisotopic (exact) mass is 500 g/mol. The minimum Gasteiger partial charge on any atom is -0.302 e. The van der Waals surface area contributed by atoms with E-state index in [0.717, 1.165) is 29.9 Å². The largest absolute Gasteiger partial charge is 0.302 e. The molecule has 1 saturated heterocycles. The average Bonchev–Trinajstić information content (AvgIpc) is 3.31. The predicted molar refractivity (Wildman–Crippen MR) is 138 cm³/mol. The smallest absolute Gasteiger partial charge is 0.243 e. The number of carbonyl (C=O) groups excluding carboxylic acids is 1. The predicted octanol–water partition coefficient (Wildman–Crippen LogP) is 4.07. The van der Waals surface area contributed by atoms with Gasteiger partial charge in [-0.05, 0) is 50.2 Å². The van der Waals surface area contributed by atoms with Crippen LogP contribution in [-0.2, 0) is 14.8 Å². The zero-order valence-corrected chi connectivity index (χ0v) is 21.4. The van der Waals surface area contributed by atoms with Crippen LogP contribution in [0.4, 0.5) is 5.13 Å². The first-order valence-corrected chi connectivity index (χ1v) is 14.1. The molecule has 1 atom stereocenters. The van der Waals surface area contributed by atoms with Crippen molar-refractivity contribution in [3.8, 4) is 0 Å². The number of nitrogens with zero attached hydrogens (tertiary/aromatic N) is 4. The molecule has 1 aliphatic rings. The molecular formula is C25H32N4O3S2. The molecule has 182 valence electrons. The number of amides is 1. The molecule has 0 bridgehead atoms. The number of aromatic nitrogens is 1. The number of fused-ring (bicyclic) bond motifs is 1. The third kappa shape index (κ3) is 5.33. The van der Waals surface area contributed by atoms with E-state index < -0.39 is 15.9 Å². The number of carbonyl (C=O) groups is 1. The fourth-order valence-electron chi connectivity index (χ4n) is 4.38. The third-order valence-corrected chi connectivity index (χ3v) is 9.37. The lowest BCUT2D eigenvalue weighted by Gasteiger charge is -2.34. The molecule has 4 rings (SSSR count). The number of hydrogen-bond acceptors (Lipinski definition) is 6. The quantitative estimate of drug-likeness (QED) is 0.443. The summed E-state index contributed by atoms with van der Waals surface area (Å²) in [6, 6.07) is 16.4. The molecule has 1 unspecified atom stereocenters. The maximum atomic E-state index is 13.8. The number of rotatable bonds is 9. The molecule has 9 heteroatoms. The van der Waals surface area contributed by atoms with E-state index in [1.165, 1.54) is 15.6 Å². The van der Waals surface area contributed by atoms with Crippen LogP contribution in [0.3, 0.4) is 0 Å². The van der Waals surface area contributed by atoms with E-state index in [0.29, 0.717) is 31.1 Å². The summed E-state index contributed by atoms with van der Waals surface area (Å²) in [4.78, 5) is 22.9. The highest BCUT2D eigenvalue weighted by molar-refractivity contribution is 7.89. The SMILES string of the molecule is CCN(CC)CCN(C(=O)C1CCCN(S(=O)(=O)c2ccccc2)C1)c1nc2ccccc2s1. The molecule has 1 amide bonds. The van der Waals surface area contributed by atoms with Crippen molar-refractivity contribution >= 4 is 42.6 Å². The molecule has 0 aliphatic carbocycles. The summed E-state index contributed by atoms with van der Waals surface area (Å²) in [5.41, 5.74) is 0.875. The van der Waals surface area contributed by atoms with E-state index in [-0.39, 0.29) is 17.3 Å². The van der Waals surface area contributed by atoms with Gasteiger partial charge in [-0.25, -0.2) is 13.4 Å². The van der Waals surface area contributed by atoms with E-state index in [2.05, 4.69) is 18.7 Å². The Balaban J connectivity index is 1.58. The van der Waals surface area contributed by atoms with Gasteiger partial charge in [0.2, 0.25) is 15.9 Å². The van der Waals surface area contributed by atoms with Gasteiger partial charge < -0.3 is 4.90 Å². The molecule has 1 aromatic heterocycles. The molecule has 0 N–H and O–H groups in total. The summed E-state index contributed by atoms with van der Waals surface area (Å²) in [6.45, 7) is 7.94. The van der Waals surface area contributed by atoms with E-state index in [4.69, 9.17) is 4.98 Å². The highest BCUT2D eigenvalue weighted by Crippen LogP contribution is 2.31. The zero-order chi connectivity index (χ0) is 24.1. The van der Waals surface area contributed by atoms with Crippen molar-refractivity contribution < 1.29 is 13.2 Å². The van der Waals surface area contributed by atoms with Gasteiger partial charge in [-0.15, -0.1) is 0 Å². The van der Waals surface area contributed by atoms with Crippen molar-refractivity contribution in [2.75, 3.05) is 44.2 Å². The number of sulfonamides is 1. The highest BCUT2D eigenvalue weighted by atomic mass is 32.2. The fourth-order valence-corrected chi connectivity index (χ4v) is 6.92. The molecule has 0 saturated carbocycles. The highest BCUT2D eigenvalue weighted by Gasteiger charge is 2.36. The van der Waals surface area contributed by atoms with Crippen LogP contribution < -0.4 is 4.90 Å². The topological polar surface area (TPSA) is 73.8 Å². The molecule has 34 heavy (non-hydrogen) atoms. The molecule has 7 nitrogen and oxygen atoms in total. The van der Waals surface area contributed by atoms with Gasteiger partial charge in [0.05, 0.1) is 21.0 Å². The van der Waals surface area contributed by atoms with Crippen LogP contribution in [0, 0.1) is 5.92 Å². The van der Waals surface area contributed by atoms with Gasteiger partial charge in [0, 0.05) is 26.2 Å². The van der Waals surface area contributed by atoms with E-state index >= 15 is 0 Å². The average molecular weight is 501 g/mol. The van der Waals surface area contributed by atoms with Gasteiger partial charge in [-0.1, -0.05) is 55.5 Å². The van der Waals surface area contributed by atoms with Crippen LogP contribution in [0.15, 0.2) is 59.5 Å². The lowest BCUT2D eigenvalue weighted by molar-refractivity contribution is -0.123. The van der Waals surface area contributed by atoms with Crippen molar-refractivity contribution in [3.63, 3.8) is 0 Å². The Kier molecular flexibility index (Phi) is 7.98. The molecule has 2 aromatic carbocycles. The summed E-state index contributed by atoms with van der Waals surface area (Å²) in [7, 11) is -3.63. The van der Waals surface area contributed by atoms with Gasteiger partial charge >= 0.3 is 0 Å². The van der Waals surface area contributed by atoms with Crippen molar-refractivity contribution in [1.29, 1.82) is 0 Å². The Morgan fingerprint density at radius 3 is 2.47 bits per heavy atom. The number of anilines is 1. The Hall–Kier alpha value is -2.33. The second-order valence-corrected chi connectivity index (χ2v) is 11.4. The van der Waals surface area contributed by atoms with Crippen LogP contribution in [-0.4, -0.2) is 67.8 Å². The second kappa shape index (κ2) is 10.9. The maximum absolute atomic E-state index is 13.8. The molecule has 1 aliphatic heterocycles. The summed E-state index contributed by atoms with van der Waals surface area (Å²) in [5, 5.41) is 0.682. The summed E-state index contributed by atoms with van der Waals surface area (Å²) >= 11 is 1.51. The molecule has 3 aromatic rings. The number of piperidine rings is 1. The van der Waals surface area contributed by atoms with Gasteiger partial charge in [-0.2, -0.15) is 4.31 Å². The molecule has 1 fully saturated rings. The van der Waals surface area contributed by atoms with Gasteiger partial charge in [0.25, 0.3) is 0 Å². The van der Waals surface area contributed by atoms with Gasteiger partial charge in [-0.3, -0.25) is 9.69 Å². The number of para-hydroxylation sites is 1. The van der Waals surface area contributed by atoms with Crippen LogP contribution in [0.5, 0.6) is 0 Å². The van der Waals surface area contributed by atoms with E-state index in [1.54, 1.807) is 35.2 Å². The Labute approximate surface area is 206 Å². The number of benzene rings is 2. The summed E-state index contributed by atoms with van der Waals surface area (Å²) < 4.78 is 28.9. The van der Waals surface area contributed by atoms with Crippen molar-refractivity contribution in [2.45, 2.75) is 31.6 Å². The van der Waals surface area contributed by atoms with Crippen LogP contribution >= 0.6 is 11.3 Å². The minimum absolute atomic E-state index is 0.0424. The Morgan fingerprint density at radius 2 is 1.76 bits per heavy atom. The van der Waals surface area contributed by atoms with E-state index in [9.17, 15) is 13.2 Å². The first-order valence-electron chi connectivity index (χ1n) is 11.9. The molecule has 2 heterocycles. The summed E-state index contributed by atoms with van der Waals surface area (Å²) in [6.07, 6.45) is 1.33. The normalized spacial score (nSPS) is 17.3. The zero-order valence-electron chi connectivity index (χ0n) is 19.8.